The lowest BCUT2D eigenvalue weighted by Gasteiger charge is -2.20. The van der Waals surface area contributed by atoms with E-state index in [9.17, 15) is 0 Å². The van der Waals surface area contributed by atoms with Crippen molar-refractivity contribution in [3.63, 3.8) is 0 Å². The predicted octanol–water partition coefficient (Wildman–Crippen LogP) is 6.63. The van der Waals surface area contributed by atoms with Crippen LogP contribution in [0.4, 0.5) is 15.9 Å². The minimum Gasteiger partial charge on any atom is -0.491 e. The number of aromatic amines is 1. The Bertz CT molecular complexity index is 1610. The first kappa shape index (κ1) is 25.3. The van der Waals surface area contributed by atoms with Gasteiger partial charge >= 0.3 is 0 Å². The largest absolute Gasteiger partial charge is 0.491 e. The standard InChI is InChI=1S/C31H32FN5O/c1-4-18-8-7-9-20(12-18)26-17-35-31(37-26)28(24-13-19(5-2)14-27(29(24)32)38-6-3)25-16-21-15-22(33)10-11-23(21)30(34)36-25/h7-17,28H,4-6,33H2,1-3H3,(H2,34,36)(H,35,37). The summed E-state index contributed by atoms with van der Waals surface area (Å²) in [6.07, 6.45) is 3.49. The number of ether oxygens (including phenoxy) is 1. The van der Waals surface area contributed by atoms with Gasteiger partial charge in [0.15, 0.2) is 11.6 Å². The molecule has 0 aliphatic heterocycles. The topological polar surface area (TPSA) is 103 Å². The van der Waals surface area contributed by atoms with Gasteiger partial charge in [-0.15, -0.1) is 0 Å². The SMILES string of the molecule is CCOc1cc(CC)cc(C(c2cc3cc(N)ccc3c(N)n2)c2nc(-c3cccc(CC)c3)c[nH]2)c1F. The van der Waals surface area contributed by atoms with Gasteiger partial charge in [0.25, 0.3) is 0 Å². The zero-order valence-electron chi connectivity index (χ0n) is 21.9. The van der Waals surface area contributed by atoms with Crippen molar-refractivity contribution in [3.05, 3.63) is 101 Å². The van der Waals surface area contributed by atoms with Crippen molar-refractivity contribution in [1.29, 1.82) is 0 Å². The fourth-order valence-corrected chi connectivity index (χ4v) is 4.86. The molecule has 5 rings (SSSR count). The maximum Gasteiger partial charge on any atom is 0.169 e. The lowest BCUT2D eigenvalue weighted by Crippen LogP contribution is -2.12. The van der Waals surface area contributed by atoms with Gasteiger partial charge in [0.2, 0.25) is 0 Å². The van der Waals surface area contributed by atoms with Crippen molar-refractivity contribution in [1.82, 2.24) is 15.0 Å². The number of fused-ring (bicyclic) bond motifs is 1. The quantitative estimate of drug-likeness (QED) is 0.204. The van der Waals surface area contributed by atoms with Gasteiger partial charge in [0, 0.05) is 28.4 Å². The number of H-pyrrole nitrogens is 1. The Hall–Kier alpha value is -4.39. The third-order valence-corrected chi connectivity index (χ3v) is 6.85. The summed E-state index contributed by atoms with van der Waals surface area (Å²) >= 11 is 0. The van der Waals surface area contributed by atoms with E-state index in [-0.39, 0.29) is 5.75 Å². The molecule has 194 valence electrons. The molecule has 0 saturated carbocycles. The van der Waals surface area contributed by atoms with Gasteiger partial charge < -0.3 is 21.2 Å². The molecule has 3 aromatic carbocycles. The van der Waals surface area contributed by atoms with Gasteiger partial charge in [-0.1, -0.05) is 38.1 Å². The summed E-state index contributed by atoms with van der Waals surface area (Å²) < 4.78 is 21.7. The second-order valence-electron chi connectivity index (χ2n) is 9.35. The third kappa shape index (κ3) is 4.79. The molecular formula is C31H32FN5O. The minimum absolute atomic E-state index is 0.215. The smallest absolute Gasteiger partial charge is 0.169 e. The number of hydrogen-bond acceptors (Lipinski definition) is 5. The van der Waals surface area contributed by atoms with E-state index in [0.29, 0.717) is 35.2 Å². The first-order chi connectivity index (χ1) is 18.4. The zero-order chi connectivity index (χ0) is 26.8. The van der Waals surface area contributed by atoms with Crippen LogP contribution in [0.15, 0.2) is 66.9 Å². The van der Waals surface area contributed by atoms with Gasteiger partial charge in [-0.25, -0.2) is 14.4 Å². The van der Waals surface area contributed by atoms with Crippen LogP contribution in [0.2, 0.25) is 0 Å². The predicted molar refractivity (Wildman–Crippen MR) is 152 cm³/mol. The average molecular weight is 510 g/mol. The Morgan fingerprint density at radius 2 is 1.74 bits per heavy atom. The minimum atomic E-state index is -0.656. The van der Waals surface area contributed by atoms with E-state index < -0.39 is 11.7 Å². The van der Waals surface area contributed by atoms with Crippen LogP contribution in [0, 0.1) is 5.82 Å². The van der Waals surface area contributed by atoms with Crippen molar-refractivity contribution < 1.29 is 9.13 Å². The molecule has 5 aromatic rings. The van der Waals surface area contributed by atoms with Gasteiger partial charge in [0.05, 0.1) is 23.9 Å². The Morgan fingerprint density at radius 1 is 0.921 bits per heavy atom. The maximum absolute atomic E-state index is 16.1. The number of nitrogens with two attached hydrogens (primary N) is 2. The van der Waals surface area contributed by atoms with Crippen LogP contribution >= 0.6 is 0 Å². The van der Waals surface area contributed by atoms with Crippen LogP contribution < -0.4 is 16.2 Å². The summed E-state index contributed by atoms with van der Waals surface area (Å²) in [7, 11) is 0. The Labute approximate surface area is 221 Å². The molecule has 2 aromatic heterocycles. The summed E-state index contributed by atoms with van der Waals surface area (Å²) in [6, 6.07) is 19.3. The number of nitrogens with one attached hydrogen (secondary N) is 1. The van der Waals surface area contributed by atoms with E-state index >= 15 is 4.39 Å². The molecule has 0 amide bonds. The summed E-state index contributed by atoms with van der Waals surface area (Å²) in [5, 5.41) is 1.62. The van der Waals surface area contributed by atoms with Crippen molar-refractivity contribution in [3.8, 4) is 17.0 Å². The second-order valence-corrected chi connectivity index (χ2v) is 9.35. The number of imidazole rings is 1. The lowest BCUT2D eigenvalue weighted by atomic mass is 9.90. The normalized spacial score (nSPS) is 12.1. The maximum atomic E-state index is 16.1. The molecule has 7 heteroatoms. The molecule has 0 bridgehead atoms. The van der Waals surface area contributed by atoms with E-state index in [1.165, 1.54) is 5.56 Å². The van der Waals surface area contributed by atoms with Crippen LogP contribution in [0.3, 0.4) is 0 Å². The van der Waals surface area contributed by atoms with Crippen molar-refractivity contribution >= 4 is 22.3 Å². The monoisotopic (exact) mass is 509 g/mol. The van der Waals surface area contributed by atoms with Crippen molar-refractivity contribution in [2.45, 2.75) is 39.5 Å². The summed E-state index contributed by atoms with van der Waals surface area (Å²) in [6.45, 7) is 6.34. The highest BCUT2D eigenvalue weighted by atomic mass is 19.1. The van der Waals surface area contributed by atoms with Gasteiger partial charge in [0.1, 0.15) is 11.6 Å². The third-order valence-electron chi connectivity index (χ3n) is 6.85. The lowest BCUT2D eigenvalue weighted by molar-refractivity contribution is 0.319. The number of nitrogens with zero attached hydrogens (tertiary/aromatic N) is 2. The van der Waals surface area contributed by atoms with Crippen molar-refractivity contribution in [2.24, 2.45) is 0 Å². The molecule has 0 spiro atoms. The van der Waals surface area contributed by atoms with Crippen LogP contribution in [-0.2, 0) is 12.8 Å². The number of nitrogen functional groups attached to an aromatic ring is 2. The van der Waals surface area contributed by atoms with E-state index in [1.54, 1.807) is 12.1 Å². The van der Waals surface area contributed by atoms with Crippen LogP contribution in [-0.4, -0.2) is 21.6 Å². The Balaban J connectivity index is 1.74. The number of rotatable bonds is 8. The van der Waals surface area contributed by atoms with E-state index in [1.807, 2.05) is 56.4 Å². The van der Waals surface area contributed by atoms with E-state index in [2.05, 4.69) is 24.0 Å². The first-order valence-corrected chi connectivity index (χ1v) is 13.0. The highest BCUT2D eigenvalue weighted by Crippen LogP contribution is 2.38. The number of aryl methyl sites for hydroxylation is 2. The van der Waals surface area contributed by atoms with Crippen molar-refractivity contribution in [2.75, 3.05) is 18.1 Å². The molecule has 6 nitrogen and oxygen atoms in total. The molecule has 38 heavy (non-hydrogen) atoms. The first-order valence-electron chi connectivity index (χ1n) is 13.0. The Kier molecular flexibility index (Phi) is 7.01. The second kappa shape index (κ2) is 10.5. The molecule has 0 saturated heterocycles. The molecule has 0 aliphatic rings. The van der Waals surface area contributed by atoms with Crippen LogP contribution in [0.25, 0.3) is 22.0 Å². The molecule has 2 heterocycles. The molecular weight excluding hydrogens is 477 g/mol. The zero-order valence-corrected chi connectivity index (χ0v) is 21.9. The van der Waals surface area contributed by atoms with Crippen LogP contribution in [0.1, 0.15) is 54.9 Å². The number of hydrogen-bond donors (Lipinski definition) is 3. The van der Waals surface area contributed by atoms with Gasteiger partial charge in [-0.3, -0.25) is 0 Å². The molecule has 1 unspecified atom stereocenters. The number of halogens is 1. The summed E-state index contributed by atoms with van der Waals surface area (Å²) in [5.74, 6) is 0.0333. The molecule has 0 fully saturated rings. The molecule has 0 aliphatic carbocycles. The number of benzene rings is 3. The van der Waals surface area contributed by atoms with Crippen LogP contribution in [0.5, 0.6) is 5.75 Å². The summed E-state index contributed by atoms with van der Waals surface area (Å²) in [5.41, 5.74) is 18.0. The average Bonchev–Trinajstić information content (AvgIpc) is 3.40. The number of pyridine rings is 1. The highest BCUT2D eigenvalue weighted by Gasteiger charge is 2.28. The van der Waals surface area contributed by atoms with E-state index in [0.717, 1.165) is 40.4 Å². The number of aromatic nitrogens is 3. The fraction of sp³-hybridized carbons (Fsp3) is 0.226. The number of anilines is 2. The fourth-order valence-electron chi connectivity index (χ4n) is 4.86. The highest BCUT2D eigenvalue weighted by molar-refractivity contribution is 5.93. The van der Waals surface area contributed by atoms with Gasteiger partial charge in [-0.2, -0.15) is 0 Å². The molecule has 0 radical (unpaired) electrons. The van der Waals surface area contributed by atoms with Gasteiger partial charge in [-0.05, 0) is 72.7 Å². The molecule has 5 N–H and O–H groups in total. The molecule has 1 atom stereocenters. The Morgan fingerprint density at radius 3 is 2.50 bits per heavy atom. The van der Waals surface area contributed by atoms with E-state index in [4.69, 9.17) is 26.2 Å². The summed E-state index contributed by atoms with van der Waals surface area (Å²) in [4.78, 5) is 13.0.